The summed E-state index contributed by atoms with van der Waals surface area (Å²) in [7, 11) is -2.55. The van der Waals surface area contributed by atoms with E-state index in [0.29, 0.717) is 5.69 Å². The van der Waals surface area contributed by atoms with Gasteiger partial charge in [-0.25, -0.2) is 12.8 Å². The molecular formula is C20H14FN3O5S. The van der Waals surface area contributed by atoms with E-state index in [1.807, 2.05) is 6.07 Å². The van der Waals surface area contributed by atoms with Crippen molar-refractivity contribution >= 4 is 21.4 Å². The van der Waals surface area contributed by atoms with Gasteiger partial charge in [0.1, 0.15) is 11.6 Å². The molecule has 0 bridgehead atoms. The number of nitrogens with zero attached hydrogens (tertiary/aromatic N) is 3. The van der Waals surface area contributed by atoms with Gasteiger partial charge in [-0.1, -0.05) is 0 Å². The second-order valence-corrected chi connectivity index (χ2v) is 8.04. The number of benzene rings is 3. The first-order chi connectivity index (χ1) is 14.2. The summed E-state index contributed by atoms with van der Waals surface area (Å²) >= 11 is 0. The molecule has 3 rings (SSSR count). The van der Waals surface area contributed by atoms with E-state index in [9.17, 15) is 22.9 Å². The monoisotopic (exact) mass is 427 g/mol. The minimum Gasteiger partial charge on any atom is -0.450 e. The van der Waals surface area contributed by atoms with Crippen molar-refractivity contribution in [2.75, 3.05) is 11.4 Å². The van der Waals surface area contributed by atoms with E-state index >= 15 is 0 Å². The third-order valence-electron chi connectivity index (χ3n) is 4.18. The number of sulfonamides is 1. The van der Waals surface area contributed by atoms with Crippen molar-refractivity contribution in [2.45, 2.75) is 4.90 Å². The maximum Gasteiger partial charge on any atom is 0.312 e. The van der Waals surface area contributed by atoms with Crippen LogP contribution in [0.15, 0.2) is 71.6 Å². The molecule has 0 aliphatic heterocycles. The molecule has 0 aliphatic rings. The Morgan fingerprint density at radius 3 is 2.27 bits per heavy atom. The second-order valence-electron chi connectivity index (χ2n) is 6.07. The first-order valence-electron chi connectivity index (χ1n) is 8.43. The highest BCUT2D eigenvalue weighted by Gasteiger charge is 2.22. The minimum absolute atomic E-state index is 0.0564. The standard InChI is InChI=1S/C20H14FN3O5S/c1-23(30(27,28)18-9-3-15(21)4-10-18)16-5-7-17(8-6-16)29-20-11-2-14(13-22)12-19(20)24(25)26/h2-12H,1H3. The quantitative estimate of drug-likeness (QED) is 0.430. The predicted molar refractivity (Wildman–Crippen MR) is 106 cm³/mol. The number of nitro groups is 1. The van der Waals surface area contributed by atoms with Gasteiger partial charge < -0.3 is 4.74 Å². The lowest BCUT2D eigenvalue weighted by molar-refractivity contribution is -0.385. The van der Waals surface area contributed by atoms with E-state index in [2.05, 4.69) is 0 Å². The maximum atomic E-state index is 13.1. The van der Waals surface area contributed by atoms with Gasteiger partial charge in [0.05, 0.1) is 27.1 Å². The Morgan fingerprint density at radius 1 is 1.07 bits per heavy atom. The molecule has 30 heavy (non-hydrogen) atoms. The molecule has 0 aromatic heterocycles. The molecule has 0 unspecified atom stereocenters. The third kappa shape index (κ3) is 4.21. The van der Waals surface area contributed by atoms with Gasteiger partial charge in [-0.15, -0.1) is 0 Å². The molecule has 0 N–H and O–H groups in total. The fraction of sp³-hybridized carbons (Fsp3) is 0.0500. The number of hydrogen-bond donors (Lipinski definition) is 0. The van der Waals surface area contributed by atoms with Crippen molar-refractivity contribution in [3.63, 3.8) is 0 Å². The van der Waals surface area contributed by atoms with E-state index in [0.717, 1.165) is 22.5 Å². The SMILES string of the molecule is CN(c1ccc(Oc2ccc(C#N)cc2[N+](=O)[O-])cc1)S(=O)(=O)c1ccc(F)cc1. The molecule has 152 valence electrons. The first kappa shape index (κ1) is 20.8. The molecular weight excluding hydrogens is 413 g/mol. The largest absolute Gasteiger partial charge is 0.450 e. The molecule has 8 nitrogen and oxygen atoms in total. The number of hydrogen-bond acceptors (Lipinski definition) is 6. The number of rotatable bonds is 6. The van der Waals surface area contributed by atoms with Crippen molar-refractivity contribution in [1.82, 2.24) is 0 Å². The topological polar surface area (TPSA) is 114 Å². The van der Waals surface area contributed by atoms with Crippen LogP contribution in [0.2, 0.25) is 0 Å². The van der Waals surface area contributed by atoms with Crippen molar-refractivity contribution in [1.29, 1.82) is 5.26 Å². The number of anilines is 1. The van der Waals surface area contributed by atoms with E-state index < -0.39 is 20.8 Å². The molecule has 3 aromatic rings. The number of halogens is 1. The fourth-order valence-corrected chi connectivity index (χ4v) is 3.77. The molecule has 0 fully saturated rings. The first-order valence-corrected chi connectivity index (χ1v) is 9.87. The van der Waals surface area contributed by atoms with Crippen LogP contribution >= 0.6 is 0 Å². The van der Waals surface area contributed by atoms with Gasteiger partial charge in [-0.3, -0.25) is 14.4 Å². The maximum absolute atomic E-state index is 13.1. The number of ether oxygens (including phenoxy) is 1. The smallest absolute Gasteiger partial charge is 0.312 e. The van der Waals surface area contributed by atoms with E-state index in [1.54, 1.807) is 0 Å². The Hall–Kier alpha value is -3.97. The molecule has 0 heterocycles. The highest BCUT2D eigenvalue weighted by atomic mass is 32.2. The average Bonchev–Trinajstić information content (AvgIpc) is 2.74. The van der Waals surface area contributed by atoms with Crippen molar-refractivity contribution in [3.05, 3.63) is 88.2 Å². The Bertz CT molecular complexity index is 1240. The Morgan fingerprint density at radius 2 is 1.70 bits per heavy atom. The number of nitro benzene ring substituents is 1. The molecule has 0 aliphatic carbocycles. The van der Waals surface area contributed by atoms with Gasteiger partial charge in [0, 0.05) is 13.1 Å². The van der Waals surface area contributed by atoms with Gasteiger partial charge in [-0.05, 0) is 60.7 Å². The van der Waals surface area contributed by atoms with E-state index in [-0.39, 0.29) is 27.6 Å². The van der Waals surface area contributed by atoms with Crippen LogP contribution in [0, 0.1) is 27.3 Å². The summed E-state index contributed by atoms with van der Waals surface area (Å²) in [6.07, 6.45) is 0. The third-order valence-corrected chi connectivity index (χ3v) is 5.98. The molecule has 0 saturated heterocycles. The fourth-order valence-electron chi connectivity index (χ4n) is 2.57. The number of nitriles is 1. The van der Waals surface area contributed by atoms with Crippen LogP contribution in [0.3, 0.4) is 0 Å². The average molecular weight is 427 g/mol. The summed E-state index contributed by atoms with van der Waals surface area (Å²) in [5, 5.41) is 20.1. The minimum atomic E-state index is -3.90. The van der Waals surface area contributed by atoms with Crippen molar-refractivity contribution < 1.29 is 22.5 Å². The summed E-state index contributed by atoms with van der Waals surface area (Å²) in [6.45, 7) is 0. The molecule has 0 amide bonds. The zero-order valence-corrected chi connectivity index (χ0v) is 16.3. The van der Waals surface area contributed by atoms with Crippen LogP contribution in [0.1, 0.15) is 5.56 Å². The summed E-state index contributed by atoms with van der Waals surface area (Å²) in [5.41, 5.74) is 0.0622. The Kier molecular flexibility index (Phi) is 5.66. The highest BCUT2D eigenvalue weighted by molar-refractivity contribution is 7.92. The van der Waals surface area contributed by atoms with Gasteiger partial charge in [0.15, 0.2) is 0 Å². The summed E-state index contributed by atoms with van der Waals surface area (Å²) in [4.78, 5) is 10.5. The van der Waals surface area contributed by atoms with Gasteiger partial charge in [0.2, 0.25) is 5.75 Å². The van der Waals surface area contributed by atoms with Crippen LogP contribution in [-0.4, -0.2) is 20.4 Å². The molecule has 10 heteroatoms. The summed E-state index contributed by atoms with van der Waals surface area (Å²) in [5.74, 6) is -0.367. The van der Waals surface area contributed by atoms with Gasteiger partial charge >= 0.3 is 5.69 Å². The van der Waals surface area contributed by atoms with E-state index in [4.69, 9.17) is 10.00 Å². The lowest BCUT2D eigenvalue weighted by Gasteiger charge is -2.19. The molecule has 3 aromatic carbocycles. The predicted octanol–water partition coefficient (Wildman–Crippen LogP) is 4.22. The van der Waals surface area contributed by atoms with Gasteiger partial charge in [0.25, 0.3) is 10.0 Å². The normalized spacial score (nSPS) is 10.8. The Balaban J connectivity index is 1.84. The summed E-state index contributed by atoms with van der Waals surface area (Å²) in [6, 6.07) is 15.9. The molecule has 0 atom stereocenters. The second kappa shape index (κ2) is 8.18. The van der Waals surface area contributed by atoms with Crippen LogP contribution in [0.25, 0.3) is 0 Å². The summed E-state index contributed by atoms with van der Waals surface area (Å²) < 4.78 is 45.0. The van der Waals surface area contributed by atoms with Crippen molar-refractivity contribution in [2.24, 2.45) is 0 Å². The zero-order valence-electron chi connectivity index (χ0n) is 15.5. The van der Waals surface area contributed by atoms with Crippen LogP contribution in [0.5, 0.6) is 11.5 Å². The lowest BCUT2D eigenvalue weighted by atomic mass is 10.2. The lowest BCUT2D eigenvalue weighted by Crippen LogP contribution is -2.26. The van der Waals surface area contributed by atoms with Gasteiger partial charge in [-0.2, -0.15) is 5.26 Å². The molecule has 0 saturated carbocycles. The van der Waals surface area contributed by atoms with E-state index in [1.165, 1.54) is 55.6 Å². The van der Waals surface area contributed by atoms with Crippen LogP contribution < -0.4 is 9.04 Å². The Labute approximate surface area is 171 Å². The van der Waals surface area contributed by atoms with Crippen LogP contribution in [-0.2, 0) is 10.0 Å². The van der Waals surface area contributed by atoms with Crippen molar-refractivity contribution in [3.8, 4) is 17.6 Å². The molecule has 0 spiro atoms. The van der Waals surface area contributed by atoms with Crippen LogP contribution in [0.4, 0.5) is 15.8 Å². The highest BCUT2D eigenvalue weighted by Crippen LogP contribution is 2.33. The molecule has 0 radical (unpaired) electrons. The zero-order chi connectivity index (χ0) is 21.9.